The quantitative estimate of drug-likeness (QED) is 0.482. The summed E-state index contributed by atoms with van der Waals surface area (Å²) < 4.78 is 39.6. The van der Waals surface area contributed by atoms with E-state index in [1.54, 1.807) is 6.07 Å². The molecule has 0 radical (unpaired) electrons. The third-order valence-corrected chi connectivity index (χ3v) is 3.41. The highest BCUT2D eigenvalue weighted by Crippen LogP contribution is 2.28. The van der Waals surface area contributed by atoms with Crippen molar-refractivity contribution >= 4 is 22.5 Å². The number of para-hydroxylation sites is 1. The van der Waals surface area contributed by atoms with Gasteiger partial charge in [0.25, 0.3) is 0 Å². The number of fused-ring (bicyclic) bond motifs is 1. The predicted molar refractivity (Wildman–Crippen MR) is 74.6 cm³/mol. The Morgan fingerprint density at radius 3 is 2.33 bits per heavy atom. The standard InChI is InChI=1S/C15H8ClF3N2/c1-7-3-2-4-9-13(7)20-15(21-14(9)16)8-5-10(17)12(19)11(18)6-8/h2-6H,1H3. The highest BCUT2D eigenvalue weighted by atomic mass is 35.5. The molecule has 0 fully saturated rings. The van der Waals surface area contributed by atoms with Crippen LogP contribution in [0.3, 0.4) is 0 Å². The Kier molecular flexibility index (Phi) is 3.29. The lowest BCUT2D eigenvalue weighted by atomic mass is 10.1. The number of rotatable bonds is 1. The summed E-state index contributed by atoms with van der Waals surface area (Å²) in [4.78, 5) is 8.29. The second kappa shape index (κ2) is 5.00. The summed E-state index contributed by atoms with van der Waals surface area (Å²) >= 11 is 6.08. The molecule has 0 aliphatic carbocycles. The summed E-state index contributed by atoms with van der Waals surface area (Å²) in [6, 6.07) is 7.08. The van der Waals surface area contributed by atoms with Gasteiger partial charge in [-0.05, 0) is 30.7 Å². The molecule has 0 aliphatic rings. The van der Waals surface area contributed by atoms with E-state index in [1.165, 1.54) is 0 Å². The van der Waals surface area contributed by atoms with Crippen molar-refractivity contribution in [2.45, 2.75) is 6.92 Å². The van der Waals surface area contributed by atoms with Gasteiger partial charge in [0.1, 0.15) is 5.15 Å². The second-order valence-corrected chi connectivity index (χ2v) is 4.92. The van der Waals surface area contributed by atoms with Crippen LogP contribution in [0.25, 0.3) is 22.3 Å². The van der Waals surface area contributed by atoms with Crippen LogP contribution in [0, 0.1) is 24.4 Å². The van der Waals surface area contributed by atoms with Crippen molar-refractivity contribution in [3.8, 4) is 11.4 Å². The van der Waals surface area contributed by atoms with Gasteiger partial charge in [-0.3, -0.25) is 0 Å². The van der Waals surface area contributed by atoms with Crippen LogP contribution in [0.4, 0.5) is 13.2 Å². The van der Waals surface area contributed by atoms with Crippen molar-refractivity contribution in [1.82, 2.24) is 9.97 Å². The molecule has 21 heavy (non-hydrogen) atoms. The van der Waals surface area contributed by atoms with E-state index in [4.69, 9.17) is 11.6 Å². The summed E-state index contributed by atoms with van der Waals surface area (Å²) in [6.45, 7) is 1.83. The molecule has 0 saturated heterocycles. The predicted octanol–water partition coefficient (Wildman–Crippen LogP) is 4.68. The topological polar surface area (TPSA) is 25.8 Å². The lowest BCUT2D eigenvalue weighted by molar-refractivity contribution is 0.447. The Balaban J connectivity index is 2.29. The molecule has 0 unspecified atom stereocenters. The van der Waals surface area contributed by atoms with Gasteiger partial charge in [-0.15, -0.1) is 0 Å². The van der Waals surface area contributed by atoms with Gasteiger partial charge in [-0.25, -0.2) is 23.1 Å². The van der Waals surface area contributed by atoms with Gasteiger partial charge in [0.05, 0.1) is 5.52 Å². The molecule has 1 aromatic heterocycles. The minimum atomic E-state index is -1.53. The molecule has 2 aromatic carbocycles. The normalized spacial score (nSPS) is 11.1. The summed E-state index contributed by atoms with van der Waals surface area (Å²) in [5.74, 6) is -4.08. The zero-order valence-electron chi connectivity index (χ0n) is 10.8. The SMILES string of the molecule is Cc1cccc2c(Cl)nc(-c3cc(F)c(F)c(F)c3)nc12. The van der Waals surface area contributed by atoms with Gasteiger partial charge in [-0.1, -0.05) is 23.7 Å². The van der Waals surface area contributed by atoms with Crippen molar-refractivity contribution in [1.29, 1.82) is 0 Å². The monoisotopic (exact) mass is 308 g/mol. The first-order valence-electron chi connectivity index (χ1n) is 6.05. The fourth-order valence-corrected chi connectivity index (χ4v) is 2.30. The maximum atomic E-state index is 13.3. The first-order chi connectivity index (χ1) is 9.97. The summed E-state index contributed by atoms with van der Waals surface area (Å²) in [6.07, 6.45) is 0. The van der Waals surface area contributed by atoms with Crippen LogP contribution in [0.15, 0.2) is 30.3 Å². The van der Waals surface area contributed by atoms with Crippen molar-refractivity contribution in [2.24, 2.45) is 0 Å². The van der Waals surface area contributed by atoms with Gasteiger partial charge >= 0.3 is 0 Å². The number of aryl methyl sites for hydroxylation is 1. The highest BCUT2D eigenvalue weighted by Gasteiger charge is 2.15. The summed E-state index contributed by atoms with van der Waals surface area (Å²) in [7, 11) is 0. The molecule has 0 spiro atoms. The number of hydrogen-bond acceptors (Lipinski definition) is 2. The van der Waals surface area contributed by atoms with Gasteiger partial charge < -0.3 is 0 Å². The smallest absolute Gasteiger partial charge is 0.194 e. The molecule has 2 nitrogen and oxygen atoms in total. The Labute approximate surface area is 123 Å². The number of halogens is 4. The fourth-order valence-electron chi connectivity index (χ4n) is 2.07. The lowest BCUT2D eigenvalue weighted by Gasteiger charge is -2.07. The van der Waals surface area contributed by atoms with E-state index >= 15 is 0 Å². The van der Waals surface area contributed by atoms with Crippen LogP contribution >= 0.6 is 11.6 Å². The third kappa shape index (κ3) is 2.34. The Hall–Kier alpha value is -2.14. The van der Waals surface area contributed by atoms with E-state index in [2.05, 4.69) is 9.97 Å². The molecule has 0 bridgehead atoms. The van der Waals surface area contributed by atoms with Gasteiger partial charge in [-0.2, -0.15) is 0 Å². The highest BCUT2D eigenvalue weighted by molar-refractivity contribution is 6.34. The maximum Gasteiger partial charge on any atom is 0.194 e. The first-order valence-corrected chi connectivity index (χ1v) is 6.43. The van der Waals surface area contributed by atoms with Crippen LogP contribution < -0.4 is 0 Å². The zero-order chi connectivity index (χ0) is 15.1. The Morgan fingerprint density at radius 2 is 1.67 bits per heavy atom. The Morgan fingerprint density at radius 1 is 1.00 bits per heavy atom. The summed E-state index contributed by atoms with van der Waals surface area (Å²) in [5, 5.41) is 0.812. The van der Waals surface area contributed by atoms with E-state index in [1.807, 2.05) is 19.1 Å². The van der Waals surface area contributed by atoms with Crippen LogP contribution in [-0.4, -0.2) is 9.97 Å². The van der Waals surface area contributed by atoms with Gasteiger partial charge in [0.2, 0.25) is 0 Å². The number of hydrogen-bond donors (Lipinski definition) is 0. The molecular weight excluding hydrogens is 301 g/mol. The molecule has 3 aromatic rings. The van der Waals surface area contributed by atoms with Crippen LogP contribution in [0.5, 0.6) is 0 Å². The number of aromatic nitrogens is 2. The number of nitrogens with zero attached hydrogens (tertiary/aromatic N) is 2. The van der Waals surface area contributed by atoms with Crippen molar-refractivity contribution in [3.63, 3.8) is 0 Å². The number of benzene rings is 2. The van der Waals surface area contributed by atoms with Gasteiger partial charge in [0, 0.05) is 10.9 Å². The van der Waals surface area contributed by atoms with Crippen LogP contribution in [-0.2, 0) is 0 Å². The average molecular weight is 309 g/mol. The second-order valence-electron chi connectivity index (χ2n) is 4.56. The largest absolute Gasteiger partial charge is 0.228 e. The molecular formula is C15H8ClF3N2. The minimum absolute atomic E-state index is 0.0263. The van der Waals surface area contributed by atoms with Crippen LogP contribution in [0.1, 0.15) is 5.56 Å². The third-order valence-electron chi connectivity index (χ3n) is 3.12. The van der Waals surface area contributed by atoms with Crippen molar-refractivity contribution in [2.75, 3.05) is 0 Å². The molecule has 0 saturated carbocycles. The van der Waals surface area contributed by atoms with E-state index in [0.717, 1.165) is 17.7 Å². The molecule has 0 amide bonds. The molecule has 1 heterocycles. The molecule has 0 atom stereocenters. The molecule has 3 rings (SSSR count). The fraction of sp³-hybridized carbons (Fsp3) is 0.0667. The Bertz CT molecular complexity index is 842. The average Bonchev–Trinajstić information content (AvgIpc) is 2.45. The van der Waals surface area contributed by atoms with Crippen LogP contribution in [0.2, 0.25) is 5.15 Å². The molecule has 106 valence electrons. The van der Waals surface area contributed by atoms with E-state index in [-0.39, 0.29) is 16.5 Å². The maximum absolute atomic E-state index is 13.3. The zero-order valence-corrected chi connectivity index (χ0v) is 11.5. The lowest BCUT2D eigenvalue weighted by Crippen LogP contribution is -1.97. The van der Waals surface area contributed by atoms with E-state index < -0.39 is 17.5 Å². The molecule has 6 heteroatoms. The van der Waals surface area contributed by atoms with Crippen molar-refractivity contribution in [3.05, 3.63) is 58.5 Å². The van der Waals surface area contributed by atoms with Gasteiger partial charge in [0.15, 0.2) is 23.3 Å². The van der Waals surface area contributed by atoms with E-state index in [9.17, 15) is 13.2 Å². The van der Waals surface area contributed by atoms with Crippen molar-refractivity contribution < 1.29 is 13.2 Å². The summed E-state index contributed by atoms with van der Waals surface area (Å²) in [5.41, 5.74) is 1.46. The molecule has 0 aliphatic heterocycles. The minimum Gasteiger partial charge on any atom is -0.228 e. The molecule has 0 N–H and O–H groups in total. The van der Waals surface area contributed by atoms with E-state index in [0.29, 0.717) is 10.9 Å². The first kappa shape index (κ1) is 13.8.